The number of hydrogen-bond donors (Lipinski definition) is 53. The monoisotopic (exact) mass is 2100 g/mol. The minimum Gasteiger partial charge on any atom is -0.480 e. The van der Waals surface area contributed by atoms with Crippen molar-refractivity contribution in [2.75, 3.05) is 90.0 Å². The third-order valence-corrected chi connectivity index (χ3v) is 21.5. The second-order valence-electron chi connectivity index (χ2n) is 32.9. The van der Waals surface area contributed by atoms with Gasteiger partial charge in [-0.25, -0.2) is 4.79 Å². The van der Waals surface area contributed by atoms with Gasteiger partial charge in [0.05, 0.1) is 6.04 Å². The van der Waals surface area contributed by atoms with E-state index in [2.05, 4.69) is 158 Å². The molecule has 0 aromatic heterocycles. The van der Waals surface area contributed by atoms with Crippen molar-refractivity contribution in [3.05, 3.63) is 0 Å². The number of amides is 13. The van der Waals surface area contributed by atoms with E-state index in [9.17, 15) is 38.7 Å². The van der Waals surface area contributed by atoms with E-state index in [-0.39, 0.29) is 250 Å². The number of carbonyl (C=O) groups excluding carboxylic acids is 13. The van der Waals surface area contributed by atoms with Crippen LogP contribution in [0.3, 0.4) is 0 Å². The van der Waals surface area contributed by atoms with Gasteiger partial charge in [0.25, 0.3) is 0 Å². The molecule has 0 rings (SSSR count). The summed E-state index contributed by atoms with van der Waals surface area (Å²) in [6.45, 7) is -0.790. The van der Waals surface area contributed by atoms with Gasteiger partial charge in [-0.3, -0.25) is 127 Å². The SMILES string of the molecule is N=C(N)NCCC[C@H](NC(=O)[C@H](CCCNC(=N)N)NC(=O)[C@H](CCCNC(=N)N)NC(=O)[C@H](CCCNC(=N)N)NC(=O)[C@H](CCCNC(=N)N)NC(=O)[C@H](CCCNC(=N)N)NC(=O)[C@H](CCCNC(=N)N)NC(=O)[C@H](CCCNC(=N)N)NC(=O)[C@H](CCCNC(=N)N)NC(=O)[C@H](CCCNC(=N)N)NC(=O)[C@H](CCCNC(=N)N)NC(=O)[C@H](CCCNC(=N)N)NC(=O)[C@@H](N)CS)C(=O)N[C@@H](CS)C(=O)O. The molecule has 0 saturated carbocycles. The van der Waals surface area contributed by atoms with Crippen LogP contribution in [0.1, 0.15) is 154 Å². The summed E-state index contributed by atoms with van der Waals surface area (Å²) in [4.78, 5) is 204. The number of nitrogens with one attached hydrogen (secondary N) is 37. The maximum Gasteiger partial charge on any atom is 0.327 e. The molecule has 145 heavy (non-hydrogen) atoms. The van der Waals surface area contributed by atoms with Crippen molar-refractivity contribution in [2.24, 2.45) is 74.5 Å². The standard InChI is InChI=1S/C78H156N50O15S2/c79-39(37-144)53(129)116-40(13-1-25-104-67(80)81)54(130)117-41(14-2-26-105-68(82)83)55(131)118-42(15-3-27-106-69(84)85)56(132)119-43(16-4-28-107-70(86)87)57(133)120-44(17-5-29-108-71(88)89)58(134)121-45(18-6-30-109-72(90)91)59(135)122-46(19-7-31-110-73(92)93)60(136)123-47(20-8-32-111-74(94)95)61(137)124-48(21-9-33-112-75(96)97)62(138)125-49(22-10-34-113-76(98)99)63(139)126-50(23-11-35-114-77(100)101)64(140)127-51(24-12-36-115-78(102)103)65(141)128-52(38-145)66(142)143/h39-52,144-145H,1-38,79H2,(H,116,129)(H,117,130)(H,118,131)(H,119,132)(H,120,133)(H,121,134)(H,122,135)(H,123,136)(H,124,137)(H,125,138)(H,126,139)(H,127,140)(H,128,141)(H,142,143)(H4,80,81,104)(H4,82,83,105)(H4,84,85,106)(H4,86,87,107)(H4,88,89,108)(H4,90,91,109)(H4,92,93,110)(H4,94,95,111)(H4,96,97,112)(H4,98,99,113)(H4,100,101,114)(H4,102,103,115)/t39-,40-,41-,42-,43-,44-,45-,46-,47-,48-,49-,50-,51-,52-/m0/s1. The molecule has 0 radical (unpaired) electrons. The van der Waals surface area contributed by atoms with Gasteiger partial charge in [-0.05, 0) is 154 Å². The number of hydrogen-bond acceptors (Lipinski definition) is 29. The van der Waals surface area contributed by atoms with Crippen LogP contribution in [0.25, 0.3) is 0 Å². The number of rotatable bonds is 77. The van der Waals surface area contributed by atoms with Crippen molar-refractivity contribution in [3.8, 4) is 0 Å². The zero-order valence-corrected chi connectivity index (χ0v) is 82.8. The van der Waals surface area contributed by atoms with Crippen molar-refractivity contribution in [1.82, 2.24) is 133 Å². The fraction of sp³-hybridized carbons (Fsp3) is 0.667. The normalized spacial score (nSPS) is 13.6. The van der Waals surface area contributed by atoms with E-state index in [4.69, 9.17) is 139 Å². The zero-order chi connectivity index (χ0) is 110. The Balaban J connectivity index is 8.55. The molecule has 0 spiro atoms. The highest BCUT2D eigenvalue weighted by Crippen LogP contribution is 2.15. The molecular formula is C78H156N50O15S2. The molecule has 0 aliphatic carbocycles. The molecule has 820 valence electrons. The van der Waals surface area contributed by atoms with Crippen LogP contribution in [0.15, 0.2) is 0 Å². The van der Waals surface area contributed by atoms with Gasteiger partial charge in [0.1, 0.15) is 78.5 Å². The van der Waals surface area contributed by atoms with Gasteiger partial charge in [-0.2, -0.15) is 25.3 Å². The highest BCUT2D eigenvalue weighted by Gasteiger charge is 2.39. The lowest BCUT2D eigenvalue weighted by Gasteiger charge is -2.29. The Labute approximate surface area is 849 Å². The Kier molecular flexibility index (Phi) is 66.5. The molecule has 0 heterocycles. The number of carboxylic acids is 1. The molecule has 0 aromatic carbocycles. The minimum atomic E-state index is -1.73. The third-order valence-electron chi connectivity index (χ3n) is 20.7. The molecule has 0 fully saturated rings. The summed E-state index contributed by atoms with van der Waals surface area (Å²) < 4.78 is 0. The molecule has 65 nitrogen and oxygen atoms in total. The topological polar surface area (TPSA) is 1180 Å². The minimum absolute atomic E-state index is 0.00143. The van der Waals surface area contributed by atoms with Crippen LogP contribution in [0, 0.1) is 64.9 Å². The van der Waals surface area contributed by atoms with Gasteiger partial charge in [-0.1, -0.05) is 0 Å². The average Bonchev–Trinajstić information content (AvgIpc) is 0.722. The number of aliphatic carboxylic acids is 1. The van der Waals surface area contributed by atoms with Crippen LogP contribution in [0.5, 0.6) is 0 Å². The second-order valence-corrected chi connectivity index (χ2v) is 33.6. The van der Waals surface area contributed by atoms with Gasteiger partial charge in [0.15, 0.2) is 71.5 Å². The quantitative estimate of drug-likeness (QED) is 0.0116. The van der Waals surface area contributed by atoms with Crippen LogP contribution >= 0.6 is 25.3 Å². The van der Waals surface area contributed by atoms with E-state index in [1.165, 1.54) is 0 Å². The van der Waals surface area contributed by atoms with Crippen LogP contribution in [-0.4, -0.2) is 334 Å². The number of carboxylic acid groups (broad SMARTS) is 1. The number of guanidine groups is 12. The Bertz CT molecular complexity index is 4140. The Morgan fingerprint density at radius 3 is 0.359 bits per heavy atom. The Morgan fingerprint density at radius 1 is 0.179 bits per heavy atom. The van der Waals surface area contributed by atoms with E-state index in [1.807, 2.05) is 0 Å². The van der Waals surface area contributed by atoms with Crippen LogP contribution in [0.2, 0.25) is 0 Å². The van der Waals surface area contributed by atoms with E-state index in [1.54, 1.807) is 0 Å². The average molecular weight is 2100 g/mol. The third kappa shape index (κ3) is 63.1. The van der Waals surface area contributed by atoms with Crippen LogP contribution < -0.4 is 207 Å². The molecule has 0 aromatic rings. The predicted octanol–water partition coefficient (Wildman–Crippen LogP) is -16.3. The molecule has 0 bridgehead atoms. The largest absolute Gasteiger partial charge is 0.480 e. The zero-order valence-electron chi connectivity index (χ0n) is 81.0. The lowest BCUT2D eigenvalue weighted by molar-refractivity contribution is -0.141. The fourth-order valence-corrected chi connectivity index (χ4v) is 13.8. The van der Waals surface area contributed by atoms with Crippen molar-refractivity contribution in [2.45, 2.75) is 239 Å². The molecule has 67 heteroatoms. The van der Waals surface area contributed by atoms with Gasteiger partial charge in [-0.15, -0.1) is 0 Å². The Hall–Kier alpha value is -15.5. The van der Waals surface area contributed by atoms with Crippen LogP contribution in [-0.2, 0) is 67.1 Å². The van der Waals surface area contributed by atoms with Crippen molar-refractivity contribution < 1.29 is 72.2 Å². The molecule has 0 saturated heterocycles. The molecule has 14 atom stereocenters. The molecule has 13 amide bonds. The molecule has 0 aliphatic rings. The van der Waals surface area contributed by atoms with Crippen molar-refractivity contribution in [3.63, 3.8) is 0 Å². The lowest BCUT2D eigenvalue weighted by atomic mass is 10.0. The van der Waals surface area contributed by atoms with E-state index < -0.39 is 233 Å². The maximum atomic E-state index is 15.3. The lowest BCUT2D eigenvalue weighted by Crippen LogP contribution is -2.61. The summed E-state index contributed by atoms with van der Waals surface area (Å²) in [5.41, 5.74) is 72.8. The first-order chi connectivity index (χ1) is 68.4. The summed E-state index contributed by atoms with van der Waals surface area (Å²) in [6.07, 6.45) is -3.65. The summed E-state index contributed by atoms with van der Waals surface area (Å²) >= 11 is 8.10. The molecule has 0 unspecified atom stereocenters. The fourth-order valence-electron chi connectivity index (χ4n) is 13.4. The van der Waals surface area contributed by atoms with Crippen LogP contribution in [0.4, 0.5) is 0 Å². The number of thiol groups is 2. The summed E-state index contributed by atoms with van der Waals surface area (Å²) in [5, 5.41) is 167. The smallest absolute Gasteiger partial charge is 0.327 e. The summed E-state index contributed by atoms with van der Waals surface area (Å²) in [5.74, 6) is -21.0. The molecule has 64 N–H and O–H groups in total. The van der Waals surface area contributed by atoms with E-state index in [0.29, 0.717) is 0 Å². The summed E-state index contributed by atoms with van der Waals surface area (Å²) in [7, 11) is 0. The Morgan fingerprint density at radius 2 is 0.276 bits per heavy atom. The molecular weight excluding hydrogens is 1940 g/mol. The number of carbonyl (C=O) groups is 14. The first-order valence-corrected chi connectivity index (χ1v) is 47.8. The summed E-state index contributed by atoms with van der Waals surface area (Å²) in [6, 6.07) is -22.3. The van der Waals surface area contributed by atoms with Gasteiger partial charge in [0.2, 0.25) is 76.8 Å². The number of nitrogens with two attached hydrogens (primary N) is 13. The van der Waals surface area contributed by atoms with E-state index >= 15 is 33.6 Å². The van der Waals surface area contributed by atoms with Gasteiger partial charge < -0.3 is 213 Å². The van der Waals surface area contributed by atoms with E-state index in [0.717, 1.165) is 0 Å². The second kappa shape index (κ2) is 74.4. The first kappa shape index (κ1) is 129. The van der Waals surface area contributed by atoms with Gasteiger partial charge in [0, 0.05) is 90.0 Å². The first-order valence-electron chi connectivity index (χ1n) is 46.5. The highest BCUT2D eigenvalue weighted by molar-refractivity contribution is 7.80. The predicted molar refractivity (Wildman–Crippen MR) is 548 cm³/mol. The molecule has 0 aliphatic heterocycles. The maximum absolute atomic E-state index is 15.3. The van der Waals surface area contributed by atoms with Gasteiger partial charge >= 0.3 is 5.97 Å². The van der Waals surface area contributed by atoms with Crippen molar-refractivity contribution >= 4 is 180 Å². The highest BCUT2D eigenvalue weighted by atomic mass is 32.1. The van der Waals surface area contributed by atoms with Crippen molar-refractivity contribution in [1.29, 1.82) is 64.9 Å².